The third kappa shape index (κ3) is 80.7. The van der Waals surface area contributed by atoms with E-state index < -0.39 is 97.5 Å². The molecule has 0 saturated carbocycles. The fraction of sp³-hybridized carbons (Fsp3) is 0.955. The molecule has 0 aromatic rings. The third-order valence-corrected chi connectivity index (χ3v) is 23.2. The van der Waals surface area contributed by atoms with E-state index in [4.69, 9.17) is 37.0 Å². The molecule has 0 aliphatic rings. The van der Waals surface area contributed by atoms with Crippen molar-refractivity contribution in [1.29, 1.82) is 0 Å². The maximum absolute atomic E-state index is 13.2. The molecule has 0 amide bonds. The third-order valence-electron chi connectivity index (χ3n) is 21.3. The molecule has 642 valence electrons. The number of hydrogen-bond acceptors (Lipinski definition) is 15. The summed E-state index contributed by atoms with van der Waals surface area (Å²) in [6, 6.07) is 0. The molecule has 0 rings (SSSR count). The van der Waals surface area contributed by atoms with Gasteiger partial charge in [0.05, 0.1) is 26.4 Å². The van der Waals surface area contributed by atoms with Crippen LogP contribution >= 0.6 is 15.6 Å². The number of carbonyl (C=O) groups is 4. The minimum absolute atomic E-state index is 0.109. The van der Waals surface area contributed by atoms with Gasteiger partial charge in [0.1, 0.15) is 19.3 Å². The zero-order valence-electron chi connectivity index (χ0n) is 71.2. The van der Waals surface area contributed by atoms with Crippen molar-refractivity contribution in [2.45, 2.75) is 496 Å². The molecule has 3 N–H and O–H groups in total. The van der Waals surface area contributed by atoms with E-state index in [-0.39, 0.29) is 25.7 Å². The number of ether oxygens (including phenoxy) is 4. The summed E-state index contributed by atoms with van der Waals surface area (Å²) in [5, 5.41) is 10.7. The van der Waals surface area contributed by atoms with Crippen LogP contribution in [-0.4, -0.2) is 96.7 Å². The minimum Gasteiger partial charge on any atom is -0.462 e. The van der Waals surface area contributed by atoms with Gasteiger partial charge in [-0.1, -0.05) is 427 Å². The maximum Gasteiger partial charge on any atom is 0.472 e. The first-order valence-electron chi connectivity index (χ1n) is 46.0. The molecule has 0 heterocycles. The lowest BCUT2D eigenvalue weighted by molar-refractivity contribution is -0.161. The van der Waals surface area contributed by atoms with Gasteiger partial charge in [0.25, 0.3) is 0 Å². The van der Waals surface area contributed by atoms with Crippen LogP contribution in [0.1, 0.15) is 478 Å². The second-order valence-corrected chi connectivity index (χ2v) is 35.6. The van der Waals surface area contributed by atoms with Crippen LogP contribution in [0.4, 0.5) is 0 Å². The number of hydrogen-bond donors (Lipinski definition) is 3. The quantitative estimate of drug-likeness (QED) is 0.0222. The van der Waals surface area contributed by atoms with E-state index in [0.717, 1.165) is 102 Å². The molecule has 0 radical (unpaired) electrons. The molecule has 0 fully saturated rings. The van der Waals surface area contributed by atoms with Crippen molar-refractivity contribution in [3.8, 4) is 0 Å². The van der Waals surface area contributed by atoms with E-state index in [9.17, 15) is 43.2 Å². The molecule has 0 bridgehead atoms. The number of unbranched alkanes of at least 4 members (excludes halogenated alkanes) is 57. The molecule has 0 aliphatic carbocycles. The van der Waals surface area contributed by atoms with Gasteiger partial charge in [0, 0.05) is 25.7 Å². The highest BCUT2D eigenvalue weighted by Gasteiger charge is 2.31. The van der Waals surface area contributed by atoms with E-state index in [1.165, 1.54) is 295 Å². The number of rotatable bonds is 88. The lowest BCUT2D eigenvalue weighted by Gasteiger charge is -2.21. The maximum atomic E-state index is 13.2. The van der Waals surface area contributed by atoms with Gasteiger partial charge in [-0.05, 0) is 37.5 Å². The summed E-state index contributed by atoms with van der Waals surface area (Å²) in [5.74, 6) is -0.425. The van der Waals surface area contributed by atoms with Crippen molar-refractivity contribution in [2.75, 3.05) is 39.6 Å². The standard InChI is InChI=1S/C89H174O17P2/c1-7-10-12-14-16-18-20-22-23-29-37-43-49-55-61-67-73-88(93)105-84(77-99-86(91)71-65-59-53-47-41-33-21-19-17-15-13-11-8-2)79-103-107(95,96)101-75-83(90)76-102-108(97,98)104-80-85(78-100-87(92)72-66-60-54-48-42-36-32-31-35-40-46-52-58-64-70-82(6)9-3)106-89(94)74-68-62-56-50-44-38-30-27-25-24-26-28-34-39-45-51-57-63-69-81(4)5/h81-85,90H,7-80H2,1-6H3,(H,95,96)(H,97,98)/t82?,83-,84+,85+/m0/s1. The monoisotopic (exact) mass is 1580 g/mol. The molecular weight excluding hydrogens is 1400 g/mol. The van der Waals surface area contributed by atoms with Crippen LogP contribution in [0.15, 0.2) is 0 Å². The summed E-state index contributed by atoms with van der Waals surface area (Å²) in [5.41, 5.74) is 0. The largest absolute Gasteiger partial charge is 0.472 e. The van der Waals surface area contributed by atoms with Crippen molar-refractivity contribution in [1.82, 2.24) is 0 Å². The van der Waals surface area contributed by atoms with Crippen molar-refractivity contribution in [3.05, 3.63) is 0 Å². The molecule has 0 aromatic carbocycles. The summed E-state index contributed by atoms with van der Waals surface area (Å²) < 4.78 is 69.0. The topological polar surface area (TPSA) is 237 Å². The van der Waals surface area contributed by atoms with E-state index >= 15 is 0 Å². The summed E-state index contributed by atoms with van der Waals surface area (Å²) in [6.07, 6.45) is 73.4. The van der Waals surface area contributed by atoms with Crippen LogP contribution in [-0.2, 0) is 65.4 Å². The Morgan fingerprint density at radius 3 is 0.704 bits per heavy atom. The zero-order valence-corrected chi connectivity index (χ0v) is 73.0. The number of aliphatic hydroxyl groups is 1. The summed E-state index contributed by atoms with van der Waals surface area (Å²) in [6.45, 7) is 9.79. The van der Waals surface area contributed by atoms with Gasteiger partial charge in [0.15, 0.2) is 12.2 Å². The molecule has 108 heavy (non-hydrogen) atoms. The molecule has 0 spiro atoms. The Balaban J connectivity index is 5.26. The Bertz CT molecular complexity index is 2070. The SMILES string of the molecule is CCCCCCCCCCCCCCCCCCC(=O)O[C@H](COC(=O)CCCCCCCCCCCCCCC)COP(=O)(O)OC[C@H](O)COP(=O)(O)OC[C@@H](COC(=O)CCCCCCCCCCCCCCCCC(C)CC)OC(=O)CCCCCCCCCCCCCCCCCCCCC(C)C. The second-order valence-electron chi connectivity index (χ2n) is 32.7. The Morgan fingerprint density at radius 1 is 0.269 bits per heavy atom. The van der Waals surface area contributed by atoms with Gasteiger partial charge in [0.2, 0.25) is 0 Å². The fourth-order valence-electron chi connectivity index (χ4n) is 13.9. The molecule has 0 aromatic heterocycles. The predicted octanol–water partition coefficient (Wildman–Crippen LogP) is 27.4. The van der Waals surface area contributed by atoms with Gasteiger partial charge in [-0.25, -0.2) is 9.13 Å². The lowest BCUT2D eigenvalue weighted by atomic mass is 9.99. The molecular formula is C89H174O17P2. The Kier molecular flexibility index (Phi) is 78.8. The number of phosphoric ester groups is 2. The first kappa shape index (κ1) is 106. The van der Waals surface area contributed by atoms with Crippen molar-refractivity contribution >= 4 is 39.5 Å². The Hall–Kier alpha value is -1.94. The number of esters is 4. The first-order valence-corrected chi connectivity index (χ1v) is 49.0. The Labute approximate surface area is 664 Å². The van der Waals surface area contributed by atoms with Gasteiger partial charge in [-0.2, -0.15) is 0 Å². The van der Waals surface area contributed by atoms with Crippen LogP contribution in [0, 0.1) is 11.8 Å². The van der Waals surface area contributed by atoms with Crippen LogP contribution in [0.5, 0.6) is 0 Å². The van der Waals surface area contributed by atoms with Gasteiger partial charge < -0.3 is 33.8 Å². The van der Waals surface area contributed by atoms with E-state index in [2.05, 4.69) is 41.5 Å². The Morgan fingerprint density at radius 2 is 0.472 bits per heavy atom. The number of aliphatic hydroxyl groups excluding tert-OH is 1. The zero-order chi connectivity index (χ0) is 79.2. The van der Waals surface area contributed by atoms with Crippen molar-refractivity contribution in [2.24, 2.45) is 11.8 Å². The van der Waals surface area contributed by atoms with Crippen LogP contribution in [0.3, 0.4) is 0 Å². The van der Waals surface area contributed by atoms with Crippen LogP contribution in [0.2, 0.25) is 0 Å². The smallest absolute Gasteiger partial charge is 0.462 e. The molecule has 6 atom stereocenters. The summed E-state index contributed by atoms with van der Waals surface area (Å²) >= 11 is 0. The summed E-state index contributed by atoms with van der Waals surface area (Å²) in [7, 11) is -9.93. The van der Waals surface area contributed by atoms with Gasteiger partial charge >= 0.3 is 39.5 Å². The van der Waals surface area contributed by atoms with E-state index in [1.54, 1.807) is 0 Å². The molecule has 3 unspecified atom stereocenters. The molecule has 19 heteroatoms. The molecule has 17 nitrogen and oxygen atoms in total. The van der Waals surface area contributed by atoms with Crippen LogP contribution < -0.4 is 0 Å². The molecule has 0 aliphatic heterocycles. The van der Waals surface area contributed by atoms with Crippen molar-refractivity contribution < 1.29 is 80.2 Å². The predicted molar refractivity (Wildman–Crippen MR) is 446 cm³/mol. The highest BCUT2D eigenvalue weighted by molar-refractivity contribution is 7.47. The number of phosphoric acid groups is 2. The lowest BCUT2D eigenvalue weighted by Crippen LogP contribution is -2.30. The minimum atomic E-state index is -4.97. The van der Waals surface area contributed by atoms with Crippen LogP contribution in [0.25, 0.3) is 0 Å². The number of carbonyl (C=O) groups excluding carboxylic acids is 4. The first-order chi connectivity index (χ1) is 52.4. The average Bonchev–Trinajstić information content (AvgIpc) is 0.900. The highest BCUT2D eigenvalue weighted by atomic mass is 31.2. The highest BCUT2D eigenvalue weighted by Crippen LogP contribution is 2.45. The second kappa shape index (κ2) is 80.3. The average molecular weight is 1580 g/mol. The van der Waals surface area contributed by atoms with E-state index in [0.29, 0.717) is 25.7 Å². The van der Waals surface area contributed by atoms with E-state index in [1.807, 2.05) is 0 Å². The fourth-order valence-corrected chi connectivity index (χ4v) is 15.5. The van der Waals surface area contributed by atoms with Crippen molar-refractivity contribution in [3.63, 3.8) is 0 Å². The molecule has 0 saturated heterocycles. The normalized spacial score (nSPS) is 14.0. The summed E-state index contributed by atoms with van der Waals surface area (Å²) in [4.78, 5) is 73.4. The van der Waals surface area contributed by atoms with Gasteiger partial charge in [-0.15, -0.1) is 0 Å². The van der Waals surface area contributed by atoms with Gasteiger partial charge in [-0.3, -0.25) is 37.3 Å².